The minimum absolute atomic E-state index is 0.218. The summed E-state index contributed by atoms with van der Waals surface area (Å²) >= 11 is 0. The Morgan fingerprint density at radius 1 is 1.29 bits per heavy atom. The van der Waals surface area contributed by atoms with Crippen LogP contribution in [0.4, 0.5) is 20.2 Å². The first-order valence-corrected chi connectivity index (χ1v) is 8.36. The number of halogens is 2. The zero-order valence-electron chi connectivity index (χ0n) is 14.6. The normalized spacial score (nSPS) is 17.6. The van der Waals surface area contributed by atoms with Crippen molar-refractivity contribution in [2.24, 2.45) is 0 Å². The van der Waals surface area contributed by atoms with Gasteiger partial charge in [-0.15, -0.1) is 0 Å². The number of nitriles is 1. The highest BCUT2D eigenvalue weighted by atomic mass is 19.3. The highest BCUT2D eigenvalue weighted by Crippen LogP contribution is 2.31. The van der Waals surface area contributed by atoms with Crippen molar-refractivity contribution in [2.45, 2.75) is 18.4 Å². The molecular formula is C18H16F2N6O2. The van der Waals surface area contributed by atoms with Crippen LogP contribution in [0, 0.1) is 11.3 Å². The molecule has 1 fully saturated rings. The third kappa shape index (κ3) is 4.37. The molecule has 2 N–H and O–H groups in total. The molecule has 144 valence electrons. The molecule has 8 nitrogen and oxygen atoms in total. The number of rotatable bonds is 5. The van der Waals surface area contributed by atoms with E-state index >= 15 is 0 Å². The Morgan fingerprint density at radius 3 is 2.79 bits per heavy atom. The van der Waals surface area contributed by atoms with E-state index in [9.17, 15) is 18.4 Å². The smallest absolute Gasteiger partial charge is 0.268 e. The molecule has 3 heterocycles. The molecule has 2 aromatic heterocycles. The zero-order chi connectivity index (χ0) is 20.1. The summed E-state index contributed by atoms with van der Waals surface area (Å²) < 4.78 is 26.9. The van der Waals surface area contributed by atoms with E-state index in [1.165, 1.54) is 18.5 Å². The summed E-state index contributed by atoms with van der Waals surface area (Å²) in [6.45, 7) is -1.33. The van der Waals surface area contributed by atoms with Gasteiger partial charge < -0.3 is 15.5 Å². The van der Waals surface area contributed by atoms with Gasteiger partial charge in [0, 0.05) is 18.8 Å². The minimum Gasteiger partial charge on any atom is -0.352 e. The molecular weight excluding hydrogens is 370 g/mol. The Kier molecular flexibility index (Phi) is 5.44. The maximum absolute atomic E-state index is 13.5. The number of carbonyl (C=O) groups excluding carboxylic acids is 2. The van der Waals surface area contributed by atoms with Gasteiger partial charge in [0.15, 0.2) is 0 Å². The average molecular weight is 386 g/mol. The van der Waals surface area contributed by atoms with Gasteiger partial charge in [-0.05, 0) is 18.2 Å². The first-order chi connectivity index (χ1) is 13.4. The van der Waals surface area contributed by atoms with Gasteiger partial charge in [0.1, 0.15) is 6.04 Å². The van der Waals surface area contributed by atoms with Crippen LogP contribution >= 0.6 is 0 Å². The SMILES string of the molecule is N#C[C@@H]1CC(F)(F)CN1C(=O)CNC(=O)c1ccncc1Nc1cccnc1. The highest BCUT2D eigenvalue weighted by Gasteiger charge is 2.47. The fourth-order valence-electron chi connectivity index (χ4n) is 2.83. The van der Waals surface area contributed by atoms with Gasteiger partial charge in [-0.2, -0.15) is 5.26 Å². The topological polar surface area (TPSA) is 111 Å². The van der Waals surface area contributed by atoms with Gasteiger partial charge in [0.25, 0.3) is 11.8 Å². The molecule has 2 amide bonds. The number of carbonyl (C=O) groups is 2. The van der Waals surface area contributed by atoms with Crippen LogP contribution in [0.15, 0.2) is 43.0 Å². The van der Waals surface area contributed by atoms with E-state index in [0.717, 1.165) is 4.90 Å². The van der Waals surface area contributed by atoms with E-state index in [1.54, 1.807) is 30.6 Å². The number of anilines is 2. The molecule has 0 spiro atoms. The van der Waals surface area contributed by atoms with Crippen molar-refractivity contribution in [1.82, 2.24) is 20.2 Å². The summed E-state index contributed by atoms with van der Waals surface area (Å²) in [5.41, 5.74) is 1.25. The van der Waals surface area contributed by atoms with Crippen LogP contribution in [-0.2, 0) is 4.79 Å². The van der Waals surface area contributed by atoms with Crippen LogP contribution in [-0.4, -0.2) is 51.7 Å². The fourth-order valence-corrected chi connectivity index (χ4v) is 2.83. The van der Waals surface area contributed by atoms with Crippen molar-refractivity contribution in [3.05, 3.63) is 48.5 Å². The first kappa shape index (κ1) is 19.2. The van der Waals surface area contributed by atoms with Gasteiger partial charge in [-0.3, -0.25) is 19.6 Å². The third-order valence-electron chi connectivity index (χ3n) is 4.15. The predicted molar refractivity (Wildman–Crippen MR) is 94.8 cm³/mol. The number of nitrogens with zero attached hydrogens (tertiary/aromatic N) is 4. The highest BCUT2D eigenvalue weighted by molar-refractivity contribution is 6.01. The average Bonchev–Trinajstić information content (AvgIpc) is 3.02. The molecule has 3 rings (SSSR count). The lowest BCUT2D eigenvalue weighted by Crippen LogP contribution is -2.43. The van der Waals surface area contributed by atoms with E-state index in [-0.39, 0.29) is 5.56 Å². The maximum atomic E-state index is 13.5. The monoisotopic (exact) mass is 386 g/mol. The maximum Gasteiger partial charge on any atom is 0.268 e. The van der Waals surface area contributed by atoms with Crippen LogP contribution in [0.25, 0.3) is 0 Å². The summed E-state index contributed by atoms with van der Waals surface area (Å²) in [6, 6.07) is 5.42. The molecule has 10 heteroatoms. The largest absolute Gasteiger partial charge is 0.352 e. The number of aromatic nitrogens is 2. The van der Waals surface area contributed by atoms with Crippen LogP contribution in [0.3, 0.4) is 0 Å². The lowest BCUT2D eigenvalue weighted by molar-refractivity contribution is -0.131. The molecule has 1 saturated heterocycles. The number of likely N-dealkylation sites (tertiary alicyclic amines) is 1. The summed E-state index contributed by atoms with van der Waals surface area (Å²) in [6.07, 6.45) is 5.32. The van der Waals surface area contributed by atoms with Crippen LogP contribution < -0.4 is 10.6 Å². The Hall–Kier alpha value is -3.61. The molecule has 1 aliphatic heterocycles. The Balaban J connectivity index is 1.66. The Bertz CT molecular complexity index is 916. The van der Waals surface area contributed by atoms with Gasteiger partial charge in [0.2, 0.25) is 5.91 Å². The first-order valence-electron chi connectivity index (χ1n) is 8.36. The van der Waals surface area contributed by atoms with Gasteiger partial charge in [-0.25, -0.2) is 8.78 Å². The van der Waals surface area contributed by atoms with Gasteiger partial charge >= 0.3 is 0 Å². The van der Waals surface area contributed by atoms with E-state index in [2.05, 4.69) is 20.6 Å². The van der Waals surface area contributed by atoms with E-state index in [1.807, 2.05) is 0 Å². The van der Waals surface area contributed by atoms with Crippen molar-refractivity contribution < 1.29 is 18.4 Å². The number of hydrogen-bond acceptors (Lipinski definition) is 6. The summed E-state index contributed by atoms with van der Waals surface area (Å²) in [4.78, 5) is 33.4. The van der Waals surface area contributed by atoms with Crippen LogP contribution in [0.2, 0.25) is 0 Å². The van der Waals surface area contributed by atoms with E-state index in [0.29, 0.717) is 11.4 Å². The molecule has 0 saturated carbocycles. The molecule has 2 aromatic rings. The summed E-state index contributed by atoms with van der Waals surface area (Å²) in [7, 11) is 0. The zero-order valence-corrected chi connectivity index (χ0v) is 14.6. The number of alkyl halides is 2. The molecule has 1 aliphatic rings. The molecule has 0 aliphatic carbocycles. The predicted octanol–water partition coefficient (Wildman–Crippen LogP) is 1.71. The molecule has 0 radical (unpaired) electrons. The summed E-state index contributed by atoms with van der Waals surface area (Å²) in [5, 5.41) is 14.4. The van der Waals surface area contributed by atoms with Gasteiger partial charge in [0.05, 0.1) is 48.5 Å². The number of nitrogens with one attached hydrogen (secondary N) is 2. The lowest BCUT2D eigenvalue weighted by Gasteiger charge is -2.19. The second-order valence-corrected chi connectivity index (χ2v) is 6.20. The van der Waals surface area contributed by atoms with Crippen molar-refractivity contribution in [3.63, 3.8) is 0 Å². The minimum atomic E-state index is -3.11. The van der Waals surface area contributed by atoms with Crippen molar-refractivity contribution in [1.29, 1.82) is 5.26 Å². The van der Waals surface area contributed by atoms with Crippen LogP contribution in [0.5, 0.6) is 0 Å². The second kappa shape index (κ2) is 7.96. The molecule has 0 unspecified atom stereocenters. The van der Waals surface area contributed by atoms with E-state index in [4.69, 9.17) is 5.26 Å². The lowest BCUT2D eigenvalue weighted by atomic mass is 10.2. The van der Waals surface area contributed by atoms with Crippen molar-refractivity contribution in [3.8, 4) is 6.07 Å². The van der Waals surface area contributed by atoms with Crippen molar-refractivity contribution in [2.75, 3.05) is 18.4 Å². The Labute approximate surface area is 159 Å². The number of pyridine rings is 2. The molecule has 0 aromatic carbocycles. The fraction of sp³-hybridized carbons (Fsp3) is 0.278. The quantitative estimate of drug-likeness (QED) is 0.809. The Morgan fingerprint density at radius 2 is 2.07 bits per heavy atom. The number of amides is 2. The molecule has 0 bridgehead atoms. The standard InChI is InChI=1S/C18H16F2N6O2/c19-18(20)6-13(7-21)26(11-18)16(27)10-24-17(28)14-3-5-23-9-15(14)25-12-2-1-4-22-8-12/h1-5,8-9,13,25H,6,10-11H2,(H,24,28)/t13-/m0/s1. The summed E-state index contributed by atoms with van der Waals surface area (Å²) in [5.74, 6) is -4.43. The van der Waals surface area contributed by atoms with E-state index < -0.39 is 43.3 Å². The molecule has 28 heavy (non-hydrogen) atoms. The van der Waals surface area contributed by atoms with Crippen LogP contribution in [0.1, 0.15) is 16.8 Å². The third-order valence-corrected chi connectivity index (χ3v) is 4.15. The molecule has 1 atom stereocenters. The van der Waals surface area contributed by atoms with Crippen molar-refractivity contribution >= 4 is 23.2 Å². The number of hydrogen-bond donors (Lipinski definition) is 2. The second-order valence-electron chi connectivity index (χ2n) is 6.20. The van der Waals surface area contributed by atoms with Gasteiger partial charge in [-0.1, -0.05) is 0 Å².